The topological polar surface area (TPSA) is 59.1 Å². The van der Waals surface area contributed by atoms with Gasteiger partial charge in [0.15, 0.2) is 5.78 Å². The minimum absolute atomic E-state index is 0.136. The van der Waals surface area contributed by atoms with Crippen molar-refractivity contribution < 1.29 is 27.2 Å². The van der Waals surface area contributed by atoms with Crippen LogP contribution in [0.5, 0.6) is 0 Å². The third-order valence-corrected chi connectivity index (χ3v) is 6.04. The minimum atomic E-state index is -2.96. The lowest BCUT2D eigenvalue weighted by atomic mass is 9.66. The lowest BCUT2D eigenvalue weighted by Gasteiger charge is -2.42. The number of amides is 1. The number of halogens is 4. The molecule has 1 heterocycles. The van der Waals surface area contributed by atoms with Gasteiger partial charge in [-0.1, -0.05) is 0 Å². The smallest absolute Gasteiger partial charge is 0.248 e. The van der Waals surface area contributed by atoms with E-state index in [4.69, 9.17) is 0 Å². The Morgan fingerprint density at radius 2 is 1.71 bits per heavy atom. The molecular formula is C20H24F4N2O2. The van der Waals surface area contributed by atoms with Gasteiger partial charge < -0.3 is 5.32 Å². The average molecular weight is 400 g/mol. The van der Waals surface area contributed by atoms with Gasteiger partial charge >= 0.3 is 0 Å². The predicted molar refractivity (Wildman–Crippen MR) is 95.6 cm³/mol. The maximum atomic E-state index is 14.1. The predicted octanol–water partition coefficient (Wildman–Crippen LogP) is 5.10. The van der Waals surface area contributed by atoms with Gasteiger partial charge in [-0.2, -0.15) is 0 Å². The Kier molecular flexibility index (Phi) is 5.77. The van der Waals surface area contributed by atoms with E-state index in [-0.39, 0.29) is 67.4 Å². The van der Waals surface area contributed by atoms with E-state index in [0.29, 0.717) is 0 Å². The van der Waals surface area contributed by atoms with Crippen molar-refractivity contribution >= 4 is 17.4 Å². The summed E-state index contributed by atoms with van der Waals surface area (Å²) in [5, 5.41) is 2.60. The van der Waals surface area contributed by atoms with E-state index in [2.05, 4.69) is 10.3 Å². The summed E-state index contributed by atoms with van der Waals surface area (Å²) in [4.78, 5) is 28.5. The highest BCUT2D eigenvalue weighted by molar-refractivity contribution is 6.03. The maximum absolute atomic E-state index is 14.1. The van der Waals surface area contributed by atoms with Crippen LogP contribution < -0.4 is 5.32 Å². The van der Waals surface area contributed by atoms with Crippen molar-refractivity contribution in [2.45, 2.75) is 63.7 Å². The van der Waals surface area contributed by atoms with Gasteiger partial charge in [0.2, 0.25) is 17.8 Å². The van der Waals surface area contributed by atoms with E-state index < -0.39 is 30.1 Å². The molecule has 0 aliphatic heterocycles. The molecule has 4 nitrogen and oxygen atoms in total. The quantitative estimate of drug-likeness (QED) is 0.565. The first-order valence-electron chi connectivity index (χ1n) is 9.59. The van der Waals surface area contributed by atoms with E-state index in [0.717, 1.165) is 0 Å². The van der Waals surface area contributed by atoms with E-state index >= 15 is 0 Å². The minimum Gasteiger partial charge on any atom is -0.325 e. The van der Waals surface area contributed by atoms with Crippen LogP contribution in [0.1, 0.15) is 62.2 Å². The molecule has 0 saturated heterocycles. The van der Waals surface area contributed by atoms with Crippen LogP contribution in [0.15, 0.2) is 18.5 Å². The van der Waals surface area contributed by atoms with Crippen molar-refractivity contribution in [2.24, 2.45) is 17.8 Å². The normalized spacial score (nSPS) is 27.2. The van der Waals surface area contributed by atoms with Crippen LogP contribution in [0, 0.1) is 17.8 Å². The van der Waals surface area contributed by atoms with Gasteiger partial charge in [0.05, 0.1) is 11.3 Å². The number of hydrogen-bond acceptors (Lipinski definition) is 3. The number of carbonyl (C=O) groups is 2. The Labute approximate surface area is 161 Å². The first kappa shape index (κ1) is 20.7. The molecule has 154 valence electrons. The molecule has 2 aliphatic carbocycles. The summed E-state index contributed by atoms with van der Waals surface area (Å²) in [6.07, 6.45) is 1.86. The van der Waals surface area contributed by atoms with Gasteiger partial charge in [-0.25, -0.2) is 17.6 Å². The van der Waals surface area contributed by atoms with E-state index in [1.54, 1.807) is 0 Å². The third kappa shape index (κ3) is 4.70. The molecule has 8 heteroatoms. The second-order valence-electron chi connectivity index (χ2n) is 8.03. The second-order valence-corrected chi connectivity index (χ2v) is 8.03. The van der Waals surface area contributed by atoms with Crippen LogP contribution in [0.25, 0.3) is 0 Å². The highest BCUT2D eigenvalue weighted by atomic mass is 19.3. The van der Waals surface area contributed by atoms with Crippen molar-refractivity contribution in [3.8, 4) is 0 Å². The Bertz CT molecular complexity index is 743. The molecular weight excluding hydrogens is 376 g/mol. The van der Waals surface area contributed by atoms with Crippen LogP contribution >= 0.6 is 0 Å². The van der Waals surface area contributed by atoms with Crippen molar-refractivity contribution in [1.29, 1.82) is 0 Å². The number of nitrogens with zero attached hydrogens (tertiary/aromatic N) is 1. The molecule has 2 atom stereocenters. The summed E-state index contributed by atoms with van der Waals surface area (Å²) < 4.78 is 55.1. The Morgan fingerprint density at radius 1 is 1.07 bits per heavy atom. The highest BCUT2D eigenvalue weighted by Crippen LogP contribution is 2.49. The van der Waals surface area contributed by atoms with E-state index in [1.165, 1.54) is 25.4 Å². The molecule has 1 N–H and O–H groups in total. The number of Topliss-reactive ketones (excluding diaryl/α,β-unsaturated/α-hetero) is 1. The highest BCUT2D eigenvalue weighted by Gasteiger charge is 2.48. The second kappa shape index (κ2) is 7.79. The molecule has 0 unspecified atom stereocenters. The molecule has 1 amide bonds. The number of ketones is 1. The van der Waals surface area contributed by atoms with Gasteiger partial charge in [0.1, 0.15) is 0 Å². The van der Waals surface area contributed by atoms with Crippen LogP contribution in [-0.2, 0) is 4.79 Å². The summed E-state index contributed by atoms with van der Waals surface area (Å²) in [6.45, 7) is 1.33. The molecule has 0 radical (unpaired) electrons. The van der Waals surface area contributed by atoms with Gasteiger partial charge in [-0.15, -0.1) is 0 Å². The molecule has 0 bridgehead atoms. The Morgan fingerprint density at radius 3 is 2.36 bits per heavy atom. The van der Waals surface area contributed by atoms with Gasteiger partial charge in [-0.3, -0.25) is 14.6 Å². The van der Waals surface area contributed by atoms with Gasteiger partial charge in [0.25, 0.3) is 0 Å². The molecule has 2 aliphatic rings. The standard InChI is InChI=1S/C20H24F4N2O2/c1-12(27)16-11-25-9-5-17(16)26-18(28)15-10-20(23,24)8-4-14(15)13-2-6-19(21,22)7-3-13/h5,9,11,13-15H,2-4,6-8,10H2,1H3,(H,25,26,28)/t14-,15+/m0/s1. The Balaban J connectivity index is 1.79. The number of anilines is 1. The number of rotatable bonds is 4. The zero-order valence-corrected chi connectivity index (χ0v) is 15.7. The summed E-state index contributed by atoms with van der Waals surface area (Å²) in [7, 11) is 0. The van der Waals surface area contributed by atoms with Crippen molar-refractivity contribution in [3.63, 3.8) is 0 Å². The molecule has 28 heavy (non-hydrogen) atoms. The van der Waals surface area contributed by atoms with E-state index in [9.17, 15) is 27.2 Å². The zero-order valence-electron chi connectivity index (χ0n) is 15.7. The van der Waals surface area contributed by atoms with Crippen molar-refractivity contribution in [1.82, 2.24) is 4.98 Å². The van der Waals surface area contributed by atoms with Gasteiger partial charge in [-0.05, 0) is 44.1 Å². The van der Waals surface area contributed by atoms with Gasteiger partial charge in [0, 0.05) is 44.0 Å². The van der Waals surface area contributed by atoms with Crippen LogP contribution in [0.3, 0.4) is 0 Å². The van der Waals surface area contributed by atoms with E-state index in [1.807, 2.05) is 0 Å². The number of nitrogens with one attached hydrogen (secondary N) is 1. The monoisotopic (exact) mass is 400 g/mol. The molecule has 0 spiro atoms. The first-order chi connectivity index (χ1) is 13.1. The number of carbonyl (C=O) groups excluding carboxylic acids is 2. The van der Waals surface area contributed by atoms with Crippen LogP contribution in [-0.4, -0.2) is 28.5 Å². The van der Waals surface area contributed by atoms with Crippen LogP contribution in [0.2, 0.25) is 0 Å². The molecule has 1 aromatic rings. The number of alkyl halides is 4. The van der Waals surface area contributed by atoms with Crippen molar-refractivity contribution in [3.05, 3.63) is 24.0 Å². The third-order valence-electron chi connectivity index (χ3n) is 6.04. The molecule has 0 aromatic carbocycles. The first-order valence-corrected chi connectivity index (χ1v) is 9.59. The molecule has 1 aromatic heterocycles. The summed E-state index contributed by atoms with van der Waals surface area (Å²) in [6, 6.07) is 1.45. The lowest BCUT2D eigenvalue weighted by molar-refractivity contribution is -0.136. The lowest BCUT2D eigenvalue weighted by Crippen LogP contribution is -2.43. The largest absolute Gasteiger partial charge is 0.325 e. The zero-order chi connectivity index (χ0) is 20.5. The number of pyridine rings is 1. The van der Waals surface area contributed by atoms with Crippen LogP contribution in [0.4, 0.5) is 23.2 Å². The Hall–Kier alpha value is -1.99. The molecule has 3 rings (SSSR count). The maximum Gasteiger partial charge on any atom is 0.248 e. The van der Waals surface area contributed by atoms with Crippen molar-refractivity contribution in [2.75, 3.05) is 5.32 Å². The number of hydrogen-bond donors (Lipinski definition) is 1. The summed E-state index contributed by atoms with van der Waals surface area (Å²) in [5.41, 5.74) is 0.433. The fourth-order valence-electron chi connectivity index (χ4n) is 4.51. The summed E-state index contributed by atoms with van der Waals surface area (Å²) in [5.74, 6) is -8.07. The average Bonchev–Trinajstić information content (AvgIpc) is 2.62. The SMILES string of the molecule is CC(=O)c1cnccc1NC(=O)[C@@H]1CC(F)(F)CC[C@H]1C1CCC(F)(F)CC1. The fraction of sp³-hybridized carbons (Fsp3) is 0.650. The summed E-state index contributed by atoms with van der Waals surface area (Å²) >= 11 is 0. The molecule has 2 saturated carbocycles. The fourth-order valence-corrected chi connectivity index (χ4v) is 4.51. The number of aromatic nitrogens is 1. The molecule has 2 fully saturated rings.